The van der Waals surface area contributed by atoms with Gasteiger partial charge in [0.05, 0.1) is 12.7 Å². The minimum Gasteiger partial charge on any atom is -0.493 e. The molecule has 4 rings (SSSR count). The Hall–Kier alpha value is -4.19. The lowest BCUT2D eigenvalue weighted by molar-refractivity contribution is -0.129. The zero-order valence-corrected chi connectivity index (χ0v) is 17.9. The van der Waals surface area contributed by atoms with Crippen molar-refractivity contribution < 1.29 is 23.8 Å². The van der Waals surface area contributed by atoms with Crippen LogP contribution in [0.1, 0.15) is 32.6 Å². The molecule has 32 heavy (non-hydrogen) atoms. The van der Waals surface area contributed by atoms with Crippen molar-refractivity contribution >= 4 is 23.9 Å². The zero-order chi connectivity index (χ0) is 22.7. The second-order valence-corrected chi connectivity index (χ2v) is 7.37. The molecule has 1 heterocycles. The Balaban J connectivity index is 1.57. The lowest BCUT2D eigenvalue weighted by Crippen LogP contribution is -2.09. The SMILES string of the molecule is COc1cc(/C=C2\N=C(c3ccc(C)cc3)OC2=O)ccc1OC(=O)c1cccc(C)c1. The average molecular weight is 427 g/mol. The number of aliphatic imine (C=N–C) groups is 1. The molecular weight excluding hydrogens is 406 g/mol. The number of hydrogen-bond donors (Lipinski definition) is 0. The Kier molecular flexibility index (Phi) is 5.85. The number of esters is 2. The molecule has 0 spiro atoms. The standard InChI is InChI=1S/C26H21NO5/c1-16-7-10-19(11-8-16)24-27-21(26(29)32-24)14-18-9-12-22(23(15-18)30-3)31-25(28)20-6-4-5-17(2)13-20/h4-15H,1-3H3/b21-14-. The van der Waals surface area contributed by atoms with E-state index in [9.17, 15) is 9.59 Å². The van der Waals surface area contributed by atoms with E-state index in [2.05, 4.69) is 4.99 Å². The largest absolute Gasteiger partial charge is 0.493 e. The Morgan fingerprint density at radius 2 is 1.72 bits per heavy atom. The summed E-state index contributed by atoms with van der Waals surface area (Å²) in [5, 5.41) is 0. The summed E-state index contributed by atoms with van der Waals surface area (Å²) >= 11 is 0. The van der Waals surface area contributed by atoms with E-state index in [1.807, 2.05) is 44.2 Å². The van der Waals surface area contributed by atoms with Crippen molar-refractivity contribution in [2.75, 3.05) is 7.11 Å². The first-order valence-corrected chi connectivity index (χ1v) is 9.99. The fourth-order valence-electron chi connectivity index (χ4n) is 3.18. The summed E-state index contributed by atoms with van der Waals surface area (Å²) in [4.78, 5) is 29.1. The molecule has 160 valence electrons. The molecule has 0 saturated carbocycles. The van der Waals surface area contributed by atoms with Crippen LogP contribution in [0.25, 0.3) is 6.08 Å². The Morgan fingerprint density at radius 3 is 2.44 bits per heavy atom. The third kappa shape index (κ3) is 4.59. The van der Waals surface area contributed by atoms with E-state index >= 15 is 0 Å². The second kappa shape index (κ2) is 8.89. The van der Waals surface area contributed by atoms with Crippen LogP contribution < -0.4 is 9.47 Å². The maximum absolute atomic E-state index is 12.5. The molecule has 0 aliphatic carbocycles. The Bertz CT molecular complexity index is 1260. The fourth-order valence-corrected chi connectivity index (χ4v) is 3.18. The highest BCUT2D eigenvalue weighted by Crippen LogP contribution is 2.30. The number of carbonyl (C=O) groups is 2. The van der Waals surface area contributed by atoms with Crippen molar-refractivity contribution in [3.05, 3.63) is 100 Å². The van der Waals surface area contributed by atoms with Crippen molar-refractivity contribution in [2.45, 2.75) is 13.8 Å². The van der Waals surface area contributed by atoms with E-state index in [4.69, 9.17) is 14.2 Å². The molecule has 0 aromatic heterocycles. The first kappa shape index (κ1) is 21.1. The molecule has 6 heteroatoms. The van der Waals surface area contributed by atoms with Crippen LogP contribution >= 0.6 is 0 Å². The van der Waals surface area contributed by atoms with Gasteiger partial charge < -0.3 is 14.2 Å². The van der Waals surface area contributed by atoms with Crippen molar-refractivity contribution in [3.63, 3.8) is 0 Å². The summed E-state index contributed by atoms with van der Waals surface area (Å²) in [6.07, 6.45) is 1.60. The first-order valence-electron chi connectivity index (χ1n) is 9.99. The van der Waals surface area contributed by atoms with Gasteiger partial charge in [-0.25, -0.2) is 14.6 Å². The highest BCUT2D eigenvalue weighted by atomic mass is 16.6. The summed E-state index contributed by atoms with van der Waals surface area (Å²) < 4.78 is 16.2. The van der Waals surface area contributed by atoms with Crippen molar-refractivity contribution in [1.82, 2.24) is 0 Å². The molecule has 0 bridgehead atoms. The van der Waals surface area contributed by atoms with Crippen molar-refractivity contribution in [1.29, 1.82) is 0 Å². The van der Waals surface area contributed by atoms with Crippen LogP contribution in [0.2, 0.25) is 0 Å². The van der Waals surface area contributed by atoms with E-state index in [1.165, 1.54) is 7.11 Å². The number of hydrogen-bond acceptors (Lipinski definition) is 6. The molecule has 0 atom stereocenters. The number of methoxy groups -OCH3 is 1. The molecule has 3 aromatic carbocycles. The predicted octanol–water partition coefficient (Wildman–Crippen LogP) is 4.88. The maximum Gasteiger partial charge on any atom is 0.363 e. The summed E-state index contributed by atoms with van der Waals surface area (Å²) in [7, 11) is 1.48. The van der Waals surface area contributed by atoms with E-state index in [0.29, 0.717) is 16.9 Å². The summed E-state index contributed by atoms with van der Waals surface area (Å²) in [5.41, 5.74) is 4.06. The second-order valence-electron chi connectivity index (χ2n) is 7.37. The normalized spacial score (nSPS) is 14.2. The fraction of sp³-hybridized carbons (Fsp3) is 0.115. The van der Waals surface area contributed by atoms with Crippen LogP contribution in [-0.4, -0.2) is 24.9 Å². The van der Waals surface area contributed by atoms with Gasteiger partial charge in [0, 0.05) is 5.56 Å². The molecule has 6 nitrogen and oxygen atoms in total. The van der Waals surface area contributed by atoms with Crippen LogP contribution in [0, 0.1) is 13.8 Å². The van der Waals surface area contributed by atoms with Crippen LogP contribution in [0.4, 0.5) is 0 Å². The van der Waals surface area contributed by atoms with E-state index in [1.54, 1.807) is 42.5 Å². The molecule has 3 aromatic rings. The van der Waals surface area contributed by atoms with Gasteiger partial charge >= 0.3 is 11.9 Å². The number of ether oxygens (including phenoxy) is 3. The molecular formula is C26H21NO5. The van der Waals surface area contributed by atoms with Gasteiger partial charge in [-0.3, -0.25) is 0 Å². The first-order chi connectivity index (χ1) is 15.4. The number of cyclic esters (lactones) is 1. The van der Waals surface area contributed by atoms with Crippen LogP contribution in [0.15, 0.2) is 77.4 Å². The lowest BCUT2D eigenvalue weighted by atomic mass is 10.1. The van der Waals surface area contributed by atoms with Gasteiger partial charge in [-0.15, -0.1) is 0 Å². The molecule has 1 aliphatic rings. The summed E-state index contributed by atoms with van der Waals surface area (Å²) in [5.74, 6) is -0.121. The smallest absolute Gasteiger partial charge is 0.363 e. The minimum absolute atomic E-state index is 0.173. The van der Waals surface area contributed by atoms with Gasteiger partial charge in [0.25, 0.3) is 0 Å². The molecule has 0 fully saturated rings. The predicted molar refractivity (Wildman–Crippen MR) is 121 cm³/mol. The Labute approximate surface area is 185 Å². The van der Waals surface area contributed by atoms with Gasteiger partial charge in [-0.1, -0.05) is 41.5 Å². The van der Waals surface area contributed by atoms with Gasteiger partial charge in [0.2, 0.25) is 5.90 Å². The molecule has 0 amide bonds. The van der Waals surface area contributed by atoms with Crippen LogP contribution in [0.3, 0.4) is 0 Å². The van der Waals surface area contributed by atoms with Gasteiger partial charge in [-0.2, -0.15) is 0 Å². The number of benzene rings is 3. The van der Waals surface area contributed by atoms with Crippen molar-refractivity contribution in [3.8, 4) is 11.5 Å². The highest BCUT2D eigenvalue weighted by Gasteiger charge is 2.24. The van der Waals surface area contributed by atoms with Crippen LogP contribution in [-0.2, 0) is 9.53 Å². The molecule has 0 saturated heterocycles. The van der Waals surface area contributed by atoms with E-state index in [0.717, 1.165) is 16.7 Å². The number of carbonyl (C=O) groups excluding carboxylic acids is 2. The number of aryl methyl sites for hydroxylation is 2. The van der Waals surface area contributed by atoms with E-state index < -0.39 is 11.9 Å². The van der Waals surface area contributed by atoms with Gasteiger partial charge in [0.1, 0.15) is 0 Å². The molecule has 0 unspecified atom stereocenters. The lowest BCUT2D eigenvalue weighted by Gasteiger charge is -2.10. The van der Waals surface area contributed by atoms with E-state index in [-0.39, 0.29) is 17.3 Å². The summed E-state index contributed by atoms with van der Waals surface area (Å²) in [6.45, 7) is 3.88. The molecule has 0 radical (unpaired) electrons. The zero-order valence-electron chi connectivity index (χ0n) is 17.9. The Morgan fingerprint density at radius 1 is 0.938 bits per heavy atom. The third-order valence-electron chi connectivity index (χ3n) is 4.87. The van der Waals surface area contributed by atoms with Crippen LogP contribution in [0.5, 0.6) is 11.5 Å². The number of rotatable bonds is 5. The number of nitrogens with zero attached hydrogens (tertiary/aromatic N) is 1. The summed E-state index contributed by atoms with van der Waals surface area (Å²) in [6, 6.07) is 19.7. The topological polar surface area (TPSA) is 74.2 Å². The third-order valence-corrected chi connectivity index (χ3v) is 4.87. The molecule has 0 N–H and O–H groups in total. The highest BCUT2D eigenvalue weighted by molar-refractivity contribution is 6.12. The maximum atomic E-state index is 12.5. The quantitative estimate of drug-likeness (QED) is 0.330. The van der Waals surface area contributed by atoms with Gasteiger partial charge in [-0.05, 0) is 61.9 Å². The average Bonchev–Trinajstić information content (AvgIpc) is 3.15. The molecule has 1 aliphatic heterocycles. The van der Waals surface area contributed by atoms with Gasteiger partial charge in [0.15, 0.2) is 17.2 Å². The monoisotopic (exact) mass is 427 g/mol. The van der Waals surface area contributed by atoms with Crippen molar-refractivity contribution in [2.24, 2.45) is 4.99 Å². The minimum atomic E-state index is -0.533.